The molecule has 0 radical (unpaired) electrons. The second-order valence-corrected chi connectivity index (χ2v) is 4.62. The van der Waals surface area contributed by atoms with Crippen molar-refractivity contribution in [3.8, 4) is 0 Å². The van der Waals surface area contributed by atoms with Crippen LogP contribution in [0.2, 0.25) is 0 Å². The lowest BCUT2D eigenvalue weighted by Gasteiger charge is -2.18. The first-order valence-corrected chi connectivity index (χ1v) is 6.19. The fraction of sp³-hybridized carbons (Fsp3) is 0.286. The largest absolute Gasteiger partial charge is 0.467 e. The van der Waals surface area contributed by atoms with Gasteiger partial charge in [-0.1, -0.05) is 6.07 Å². The van der Waals surface area contributed by atoms with Crippen LogP contribution in [-0.4, -0.2) is 17.1 Å². The van der Waals surface area contributed by atoms with E-state index in [-0.39, 0.29) is 5.69 Å². The van der Waals surface area contributed by atoms with E-state index in [9.17, 15) is 15.2 Å². The average molecular weight is 276 g/mol. The molecule has 1 atom stereocenters. The predicted molar refractivity (Wildman–Crippen MR) is 74.5 cm³/mol. The molecule has 2 rings (SSSR count). The number of nitro groups is 1. The van der Waals surface area contributed by atoms with Gasteiger partial charge in [0.15, 0.2) is 0 Å². The molecule has 6 heteroatoms. The molecule has 1 N–H and O–H groups in total. The third-order valence-corrected chi connectivity index (χ3v) is 3.06. The quantitative estimate of drug-likeness (QED) is 0.671. The summed E-state index contributed by atoms with van der Waals surface area (Å²) in [7, 11) is 1.76. The van der Waals surface area contributed by atoms with Gasteiger partial charge >= 0.3 is 0 Å². The number of rotatable bonds is 5. The van der Waals surface area contributed by atoms with Gasteiger partial charge in [-0.3, -0.25) is 10.1 Å². The van der Waals surface area contributed by atoms with E-state index >= 15 is 0 Å². The molecule has 0 bridgehead atoms. The van der Waals surface area contributed by atoms with Crippen LogP contribution < -0.4 is 4.90 Å². The van der Waals surface area contributed by atoms with Gasteiger partial charge in [-0.05, 0) is 30.7 Å². The van der Waals surface area contributed by atoms with E-state index in [2.05, 4.69) is 0 Å². The number of nitrogens with zero attached hydrogens (tertiary/aromatic N) is 2. The summed E-state index contributed by atoms with van der Waals surface area (Å²) in [5.41, 5.74) is 0.972. The van der Waals surface area contributed by atoms with E-state index in [4.69, 9.17) is 4.42 Å². The second kappa shape index (κ2) is 5.75. The van der Waals surface area contributed by atoms with Gasteiger partial charge < -0.3 is 14.4 Å². The summed E-state index contributed by atoms with van der Waals surface area (Å²) in [6, 6.07) is 8.31. The second-order valence-electron chi connectivity index (χ2n) is 4.62. The summed E-state index contributed by atoms with van der Waals surface area (Å²) in [5.74, 6) is 0.724. The lowest BCUT2D eigenvalue weighted by molar-refractivity contribution is -0.384. The van der Waals surface area contributed by atoms with Crippen molar-refractivity contribution in [2.24, 2.45) is 0 Å². The standard InChI is InChI=1S/C14H16N2O4/c1-10(17)11-5-6-13(14(8-11)16(18)19)15(2)9-12-4-3-7-20-12/h3-8,10,17H,9H2,1-2H3/t10-/m0/s1. The summed E-state index contributed by atoms with van der Waals surface area (Å²) in [4.78, 5) is 12.5. The van der Waals surface area contributed by atoms with Crippen LogP contribution in [0.1, 0.15) is 24.4 Å². The predicted octanol–water partition coefficient (Wildman–Crippen LogP) is 2.88. The van der Waals surface area contributed by atoms with Crippen LogP contribution in [0.3, 0.4) is 0 Å². The summed E-state index contributed by atoms with van der Waals surface area (Å²) >= 11 is 0. The third-order valence-electron chi connectivity index (χ3n) is 3.06. The van der Waals surface area contributed by atoms with Crippen molar-refractivity contribution in [3.05, 3.63) is 58.0 Å². The summed E-state index contributed by atoms with van der Waals surface area (Å²) in [5, 5.41) is 20.7. The molecule has 0 saturated heterocycles. The first kappa shape index (κ1) is 14.1. The monoisotopic (exact) mass is 276 g/mol. The molecule has 0 spiro atoms. The highest BCUT2D eigenvalue weighted by Gasteiger charge is 2.19. The van der Waals surface area contributed by atoms with Crippen LogP contribution >= 0.6 is 0 Å². The van der Waals surface area contributed by atoms with Gasteiger partial charge in [0.25, 0.3) is 5.69 Å². The van der Waals surface area contributed by atoms with Crippen molar-refractivity contribution in [2.45, 2.75) is 19.6 Å². The van der Waals surface area contributed by atoms with Crippen LogP contribution in [0.15, 0.2) is 41.0 Å². The van der Waals surface area contributed by atoms with Crippen molar-refractivity contribution in [1.29, 1.82) is 0 Å². The molecule has 0 unspecified atom stereocenters. The number of benzene rings is 1. The van der Waals surface area contributed by atoms with Gasteiger partial charge in [-0.25, -0.2) is 0 Å². The molecule has 0 aliphatic heterocycles. The van der Waals surface area contributed by atoms with Crippen LogP contribution in [0.4, 0.5) is 11.4 Å². The van der Waals surface area contributed by atoms with Crippen LogP contribution in [0, 0.1) is 10.1 Å². The Balaban J connectivity index is 2.32. The molecule has 0 aliphatic rings. The Labute approximate surface area is 116 Å². The van der Waals surface area contributed by atoms with E-state index in [0.717, 1.165) is 5.76 Å². The van der Waals surface area contributed by atoms with Crippen molar-refractivity contribution < 1.29 is 14.4 Å². The molecule has 0 aliphatic carbocycles. The Hall–Kier alpha value is -2.34. The topological polar surface area (TPSA) is 79.8 Å². The minimum Gasteiger partial charge on any atom is -0.467 e. The number of hydrogen-bond donors (Lipinski definition) is 1. The maximum absolute atomic E-state index is 11.2. The van der Waals surface area contributed by atoms with Crippen LogP contribution in [0.5, 0.6) is 0 Å². The van der Waals surface area contributed by atoms with Crippen molar-refractivity contribution in [3.63, 3.8) is 0 Å². The van der Waals surface area contributed by atoms with E-state index < -0.39 is 11.0 Å². The summed E-state index contributed by atoms with van der Waals surface area (Å²) in [6.45, 7) is 2.01. The fourth-order valence-electron chi connectivity index (χ4n) is 1.99. The van der Waals surface area contributed by atoms with E-state index in [1.54, 1.807) is 43.3 Å². The van der Waals surface area contributed by atoms with Gasteiger partial charge in [0.1, 0.15) is 11.4 Å². The van der Waals surface area contributed by atoms with E-state index in [1.165, 1.54) is 6.07 Å². The lowest BCUT2D eigenvalue weighted by Crippen LogP contribution is -2.17. The highest BCUT2D eigenvalue weighted by atomic mass is 16.6. The molecule has 0 amide bonds. The highest BCUT2D eigenvalue weighted by molar-refractivity contribution is 5.64. The van der Waals surface area contributed by atoms with Crippen molar-refractivity contribution in [2.75, 3.05) is 11.9 Å². The van der Waals surface area contributed by atoms with Crippen molar-refractivity contribution >= 4 is 11.4 Å². The zero-order valence-electron chi connectivity index (χ0n) is 11.3. The SMILES string of the molecule is C[C@H](O)c1ccc(N(C)Cc2ccco2)c([N+](=O)[O-])c1. The normalized spacial score (nSPS) is 12.2. The molecule has 6 nitrogen and oxygen atoms in total. The van der Waals surface area contributed by atoms with E-state index in [0.29, 0.717) is 17.8 Å². The number of aliphatic hydroxyl groups excluding tert-OH is 1. The van der Waals surface area contributed by atoms with E-state index in [1.807, 2.05) is 6.07 Å². The zero-order chi connectivity index (χ0) is 14.7. The average Bonchev–Trinajstić information content (AvgIpc) is 2.90. The number of aliphatic hydroxyl groups is 1. The Morgan fingerprint density at radius 3 is 2.75 bits per heavy atom. The molecule has 2 aromatic rings. The zero-order valence-corrected chi connectivity index (χ0v) is 11.3. The molecule has 1 aromatic heterocycles. The lowest BCUT2D eigenvalue weighted by atomic mass is 10.1. The van der Waals surface area contributed by atoms with Crippen molar-refractivity contribution in [1.82, 2.24) is 0 Å². The van der Waals surface area contributed by atoms with Crippen LogP contribution in [0.25, 0.3) is 0 Å². The van der Waals surface area contributed by atoms with Gasteiger partial charge in [-0.2, -0.15) is 0 Å². The Morgan fingerprint density at radius 1 is 1.45 bits per heavy atom. The van der Waals surface area contributed by atoms with Crippen LogP contribution in [-0.2, 0) is 6.54 Å². The number of anilines is 1. The minimum absolute atomic E-state index is 0.0301. The van der Waals surface area contributed by atoms with Gasteiger partial charge in [0.2, 0.25) is 0 Å². The summed E-state index contributed by atoms with van der Waals surface area (Å²) in [6.07, 6.45) is 0.826. The first-order chi connectivity index (χ1) is 9.49. The fourth-order valence-corrected chi connectivity index (χ4v) is 1.99. The first-order valence-electron chi connectivity index (χ1n) is 6.19. The van der Waals surface area contributed by atoms with Gasteiger partial charge in [-0.15, -0.1) is 0 Å². The molecule has 106 valence electrons. The molecule has 0 saturated carbocycles. The molecular weight excluding hydrogens is 260 g/mol. The number of hydrogen-bond acceptors (Lipinski definition) is 5. The maximum Gasteiger partial charge on any atom is 0.292 e. The molecular formula is C14H16N2O4. The molecule has 20 heavy (non-hydrogen) atoms. The third kappa shape index (κ3) is 2.97. The molecule has 0 fully saturated rings. The highest BCUT2D eigenvalue weighted by Crippen LogP contribution is 2.31. The van der Waals surface area contributed by atoms with Gasteiger partial charge in [0, 0.05) is 13.1 Å². The minimum atomic E-state index is -0.738. The Kier molecular flexibility index (Phi) is 4.05. The number of nitro benzene ring substituents is 1. The smallest absolute Gasteiger partial charge is 0.292 e. The Bertz CT molecular complexity index is 593. The molecule has 1 aromatic carbocycles. The number of furan rings is 1. The van der Waals surface area contributed by atoms with Gasteiger partial charge in [0.05, 0.1) is 23.8 Å². The Morgan fingerprint density at radius 2 is 2.20 bits per heavy atom. The maximum atomic E-state index is 11.2. The molecule has 1 heterocycles. The summed E-state index contributed by atoms with van der Waals surface area (Å²) < 4.78 is 5.24.